The molecule has 2 rings (SSSR count). The molecule has 0 spiro atoms. The number of aromatic amines is 1. The van der Waals surface area contributed by atoms with Crippen LogP contribution in [0.3, 0.4) is 0 Å². The first-order valence-electron chi connectivity index (χ1n) is 6.37. The summed E-state index contributed by atoms with van der Waals surface area (Å²) in [5.74, 6) is 0. The fraction of sp³-hybridized carbons (Fsp3) is 0.286. The fourth-order valence-electron chi connectivity index (χ4n) is 1.95. The molecule has 106 valence electrons. The molecule has 0 aliphatic rings. The van der Waals surface area contributed by atoms with Crippen molar-refractivity contribution in [2.24, 2.45) is 0 Å². The summed E-state index contributed by atoms with van der Waals surface area (Å²) < 4.78 is 0. The number of benzene rings is 1. The van der Waals surface area contributed by atoms with Crippen molar-refractivity contribution in [2.45, 2.75) is 20.3 Å². The van der Waals surface area contributed by atoms with Crippen LogP contribution in [-0.4, -0.2) is 22.8 Å². The Hall–Kier alpha value is -2.01. The summed E-state index contributed by atoms with van der Waals surface area (Å²) in [5.41, 5.74) is 3.88. The second-order valence-electron chi connectivity index (χ2n) is 4.55. The number of amides is 2. The van der Waals surface area contributed by atoms with Gasteiger partial charge in [-0.25, -0.2) is 4.79 Å². The Balaban J connectivity index is 1.79. The normalized spacial score (nSPS) is 10.3. The van der Waals surface area contributed by atoms with Gasteiger partial charge in [0.05, 0.1) is 5.69 Å². The zero-order valence-electron chi connectivity index (χ0n) is 11.5. The number of carbonyl (C=O) groups is 1. The summed E-state index contributed by atoms with van der Waals surface area (Å²) in [5, 5.41) is 13.3. The number of aromatic nitrogens is 2. The lowest BCUT2D eigenvalue weighted by atomic mass is 10.1. The smallest absolute Gasteiger partial charge is 0.319 e. The highest BCUT2D eigenvalue weighted by atomic mass is 35.5. The van der Waals surface area contributed by atoms with E-state index in [0.29, 0.717) is 17.3 Å². The Morgan fingerprint density at radius 1 is 1.30 bits per heavy atom. The lowest BCUT2D eigenvalue weighted by molar-refractivity contribution is 0.252. The van der Waals surface area contributed by atoms with E-state index in [4.69, 9.17) is 11.6 Å². The molecule has 0 atom stereocenters. The summed E-state index contributed by atoms with van der Waals surface area (Å²) >= 11 is 5.78. The average molecular weight is 293 g/mol. The zero-order chi connectivity index (χ0) is 14.5. The third kappa shape index (κ3) is 3.74. The van der Waals surface area contributed by atoms with Crippen molar-refractivity contribution in [2.75, 3.05) is 11.9 Å². The molecule has 0 aliphatic heterocycles. The van der Waals surface area contributed by atoms with E-state index < -0.39 is 0 Å². The maximum atomic E-state index is 11.7. The maximum absolute atomic E-state index is 11.7. The second kappa shape index (κ2) is 6.43. The van der Waals surface area contributed by atoms with Crippen LogP contribution in [0.1, 0.15) is 17.0 Å². The number of hydrogen-bond donors (Lipinski definition) is 3. The SMILES string of the molecule is Cc1n[nH]c(C)c1CCNC(=O)Nc1ccc(Cl)cc1. The molecule has 0 radical (unpaired) electrons. The Morgan fingerprint density at radius 3 is 2.60 bits per heavy atom. The zero-order valence-corrected chi connectivity index (χ0v) is 12.2. The standard InChI is InChI=1S/C14H17ClN4O/c1-9-13(10(2)19-18-9)7-8-16-14(20)17-12-5-3-11(15)4-6-12/h3-6H,7-8H2,1-2H3,(H,18,19)(H2,16,17,20). The fourth-order valence-corrected chi connectivity index (χ4v) is 2.08. The van der Waals surface area contributed by atoms with Gasteiger partial charge in [-0.2, -0.15) is 5.10 Å². The third-order valence-electron chi connectivity index (χ3n) is 3.04. The molecule has 0 fully saturated rings. The van der Waals surface area contributed by atoms with E-state index in [9.17, 15) is 4.79 Å². The molecule has 1 aromatic carbocycles. The van der Waals surface area contributed by atoms with E-state index >= 15 is 0 Å². The van der Waals surface area contributed by atoms with Gasteiger partial charge in [-0.15, -0.1) is 0 Å². The molecule has 0 saturated carbocycles. The van der Waals surface area contributed by atoms with E-state index in [0.717, 1.165) is 23.4 Å². The van der Waals surface area contributed by atoms with Crippen molar-refractivity contribution in [3.05, 3.63) is 46.2 Å². The number of hydrogen-bond acceptors (Lipinski definition) is 2. The second-order valence-corrected chi connectivity index (χ2v) is 4.99. The molecule has 0 saturated heterocycles. The molecule has 0 unspecified atom stereocenters. The monoisotopic (exact) mass is 292 g/mol. The summed E-state index contributed by atoms with van der Waals surface area (Å²) in [6.07, 6.45) is 0.752. The molecule has 2 aromatic rings. The number of urea groups is 1. The van der Waals surface area contributed by atoms with Crippen LogP contribution in [0.4, 0.5) is 10.5 Å². The van der Waals surface area contributed by atoms with Crippen LogP contribution in [-0.2, 0) is 6.42 Å². The van der Waals surface area contributed by atoms with Gasteiger partial charge in [0.15, 0.2) is 0 Å². The minimum atomic E-state index is -0.230. The Morgan fingerprint density at radius 2 is 2.00 bits per heavy atom. The van der Waals surface area contributed by atoms with E-state index in [1.54, 1.807) is 24.3 Å². The van der Waals surface area contributed by atoms with Gasteiger partial charge in [0.25, 0.3) is 0 Å². The first-order chi connectivity index (χ1) is 9.56. The largest absolute Gasteiger partial charge is 0.338 e. The number of carbonyl (C=O) groups excluding carboxylic acids is 1. The van der Waals surface area contributed by atoms with Crippen molar-refractivity contribution in [3.63, 3.8) is 0 Å². The summed E-state index contributed by atoms with van der Waals surface area (Å²) in [6.45, 7) is 4.48. The first-order valence-corrected chi connectivity index (χ1v) is 6.75. The third-order valence-corrected chi connectivity index (χ3v) is 3.30. The summed E-state index contributed by atoms with van der Waals surface area (Å²) in [4.78, 5) is 11.7. The van der Waals surface area contributed by atoms with Crippen molar-refractivity contribution >= 4 is 23.3 Å². The molecule has 1 heterocycles. The number of aryl methyl sites for hydroxylation is 2. The Bertz CT molecular complexity index is 572. The lowest BCUT2D eigenvalue weighted by Crippen LogP contribution is -2.30. The van der Waals surface area contributed by atoms with E-state index in [1.807, 2.05) is 13.8 Å². The van der Waals surface area contributed by atoms with Crippen LogP contribution in [0.15, 0.2) is 24.3 Å². The Kier molecular flexibility index (Phi) is 4.63. The van der Waals surface area contributed by atoms with Crippen LogP contribution >= 0.6 is 11.6 Å². The first kappa shape index (κ1) is 14.4. The quantitative estimate of drug-likeness (QED) is 0.810. The topological polar surface area (TPSA) is 69.8 Å². The minimum Gasteiger partial charge on any atom is -0.338 e. The van der Waals surface area contributed by atoms with Gasteiger partial charge in [-0.05, 0) is 50.1 Å². The number of anilines is 1. The van der Waals surface area contributed by atoms with Crippen LogP contribution in [0, 0.1) is 13.8 Å². The van der Waals surface area contributed by atoms with E-state index in [-0.39, 0.29) is 6.03 Å². The van der Waals surface area contributed by atoms with E-state index in [2.05, 4.69) is 20.8 Å². The molecule has 2 amide bonds. The Labute approximate surface area is 122 Å². The van der Waals surface area contributed by atoms with Crippen LogP contribution in [0.25, 0.3) is 0 Å². The molecular formula is C14H17ClN4O. The number of H-pyrrole nitrogens is 1. The van der Waals surface area contributed by atoms with Crippen molar-refractivity contribution in [3.8, 4) is 0 Å². The van der Waals surface area contributed by atoms with Crippen LogP contribution in [0.5, 0.6) is 0 Å². The van der Waals surface area contributed by atoms with Crippen LogP contribution in [0.2, 0.25) is 5.02 Å². The molecule has 5 nitrogen and oxygen atoms in total. The van der Waals surface area contributed by atoms with Gasteiger partial charge in [-0.3, -0.25) is 5.10 Å². The van der Waals surface area contributed by atoms with Crippen molar-refractivity contribution < 1.29 is 4.79 Å². The molecular weight excluding hydrogens is 276 g/mol. The van der Waals surface area contributed by atoms with Gasteiger partial charge < -0.3 is 10.6 Å². The predicted octanol–water partition coefficient (Wildman–Crippen LogP) is 3.04. The van der Waals surface area contributed by atoms with Gasteiger partial charge in [0.1, 0.15) is 0 Å². The molecule has 6 heteroatoms. The highest BCUT2D eigenvalue weighted by Crippen LogP contribution is 2.13. The average Bonchev–Trinajstić information content (AvgIpc) is 2.73. The molecule has 20 heavy (non-hydrogen) atoms. The summed E-state index contributed by atoms with van der Waals surface area (Å²) in [6, 6.07) is 6.75. The number of halogens is 1. The van der Waals surface area contributed by atoms with Gasteiger partial charge >= 0.3 is 6.03 Å². The van der Waals surface area contributed by atoms with Crippen molar-refractivity contribution in [1.82, 2.24) is 15.5 Å². The van der Waals surface area contributed by atoms with Gasteiger partial charge in [-0.1, -0.05) is 11.6 Å². The highest BCUT2D eigenvalue weighted by molar-refractivity contribution is 6.30. The maximum Gasteiger partial charge on any atom is 0.319 e. The van der Waals surface area contributed by atoms with Gasteiger partial charge in [0, 0.05) is 22.9 Å². The number of rotatable bonds is 4. The van der Waals surface area contributed by atoms with Crippen molar-refractivity contribution in [1.29, 1.82) is 0 Å². The molecule has 3 N–H and O–H groups in total. The number of nitrogens with zero attached hydrogens (tertiary/aromatic N) is 1. The predicted molar refractivity (Wildman–Crippen MR) is 80.2 cm³/mol. The van der Waals surface area contributed by atoms with Gasteiger partial charge in [0.2, 0.25) is 0 Å². The lowest BCUT2D eigenvalue weighted by Gasteiger charge is -2.07. The van der Waals surface area contributed by atoms with Crippen LogP contribution < -0.4 is 10.6 Å². The molecule has 1 aromatic heterocycles. The van der Waals surface area contributed by atoms with E-state index in [1.165, 1.54) is 0 Å². The summed E-state index contributed by atoms with van der Waals surface area (Å²) in [7, 11) is 0. The molecule has 0 bridgehead atoms. The molecule has 0 aliphatic carbocycles. The minimum absolute atomic E-state index is 0.230. The number of nitrogens with one attached hydrogen (secondary N) is 3. The highest BCUT2D eigenvalue weighted by Gasteiger charge is 2.07.